The second-order valence-electron chi connectivity index (χ2n) is 4.73. The summed E-state index contributed by atoms with van der Waals surface area (Å²) in [6.07, 6.45) is 2.11. The molecule has 0 radical (unpaired) electrons. The van der Waals surface area contributed by atoms with E-state index < -0.39 is 11.8 Å². The molecule has 1 aromatic carbocycles. The van der Waals surface area contributed by atoms with Crippen molar-refractivity contribution < 1.29 is 23.8 Å². The number of halogens is 2. The third-order valence-corrected chi connectivity index (χ3v) is 3.69. The van der Waals surface area contributed by atoms with Crippen LogP contribution < -0.4 is 4.74 Å². The van der Waals surface area contributed by atoms with Crippen LogP contribution in [0.3, 0.4) is 0 Å². The van der Waals surface area contributed by atoms with Crippen LogP contribution in [0.25, 0.3) is 0 Å². The predicted octanol–water partition coefficient (Wildman–Crippen LogP) is 4.79. The number of esters is 1. The van der Waals surface area contributed by atoms with Crippen LogP contribution in [0.15, 0.2) is 40.3 Å². The zero-order chi connectivity index (χ0) is 17.4. The number of aliphatic hydroxyl groups excluding tert-OH is 1. The summed E-state index contributed by atoms with van der Waals surface area (Å²) >= 11 is 3.23. The maximum atomic E-state index is 13.4. The molecule has 0 bridgehead atoms. The molecule has 1 N–H and O–H groups in total. The van der Waals surface area contributed by atoms with Gasteiger partial charge in [0, 0.05) is 12.0 Å². The lowest BCUT2D eigenvalue weighted by Gasteiger charge is -2.13. The molecule has 0 saturated heterocycles. The maximum absolute atomic E-state index is 13.4. The second kappa shape index (κ2) is 9.35. The van der Waals surface area contributed by atoms with Crippen LogP contribution in [-0.2, 0) is 16.0 Å². The Morgan fingerprint density at radius 2 is 2.09 bits per heavy atom. The average Bonchev–Trinajstić information content (AvgIpc) is 2.48. The third kappa shape index (κ3) is 6.44. The van der Waals surface area contributed by atoms with Gasteiger partial charge in [-0.3, -0.25) is 4.79 Å². The van der Waals surface area contributed by atoms with E-state index in [2.05, 4.69) is 15.9 Å². The van der Waals surface area contributed by atoms with Crippen molar-refractivity contribution in [2.24, 2.45) is 0 Å². The lowest BCUT2D eigenvalue weighted by Crippen LogP contribution is -2.09. The number of allylic oxidation sites excluding steroid dienone is 4. The zero-order valence-corrected chi connectivity index (χ0v) is 14.9. The van der Waals surface area contributed by atoms with Crippen molar-refractivity contribution in [1.82, 2.24) is 0 Å². The smallest absolute Gasteiger partial charge is 0.310 e. The highest BCUT2D eigenvalue weighted by Crippen LogP contribution is 2.25. The minimum atomic E-state index is -0.453. The predicted molar refractivity (Wildman–Crippen MR) is 90.0 cm³/mol. The Bertz CT molecular complexity index is 619. The first-order valence-corrected chi connectivity index (χ1v) is 8.04. The Morgan fingerprint density at radius 3 is 2.65 bits per heavy atom. The molecule has 0 aliphatic rings. The van der Waals surface area contributed by atoms with Crippen molar-refractivity contribution in [2.75, 3.05) is 6.61 Å². The molecule has 4 nitrogen and oxygen atoms in total. The minimum absolute atomic E-state index is 0.0754. The molecular weight excluding hydrogens is 367 g/mol. The van der Waals surface area contributed by atoms with Gasteiger partial charge in [-0.05, 0) is 54.1 Å². The SMILES string of the molecule is CCOC(=O)Cc1cc(F)ccc1O/C(=C/C(Br)=C(\C)O)CC. The van der Waals surface area contributed by atoms with Gasteiger partial charge in [0.1, 0.15) is 23.1 Å². The molecule has 23 heavy (non-hydrogen) atoms. The monoisotopic (exact) mass is 386 g/mol. The molecule has 126 valence electrons. The molecule has 0 aliphatic heterocycles. The van der Waals surface area contributed by atoms with Crippen molar-refractivity contribution >= 4 is 21.9 Å². The third-order valence-electron chi connectivity index (χ3n) is 2.89. The molecule has 0 atom stereocenters. The van der Waals surface area contributed by atoms with Crippen LogP contribution in [0.2, 0.25) is 0 Å². The van der Waals surface area contributed by atoms with Gasteiger partial charge in [0.2, 0.25) is 0 Å². The zero-order valence-electron chi connectivity index (χ0n) is 13.4. The molecule has 6 heteroatoms. The Kier molecular flexibility index (Phi) is 7.81. The number of aliphatic hydroxyl groups is 1. The van der Waals surface area contributed by atoms with Crippen molar-refractivity contribution in [1.29, 1.82) is 0 Å². The maximum Gasteiger partial charge on any atom is 0.310 e. The Hall–Kier alpha value is -1.82. The first kappa shape index (κ1) is 19.2. The van der Waals surface area contributed by atoms with E-state index >= 15 is 0 Å². The number of rotatable bonds is 7. The van der Waals surface area contributed by atoms with E-state index in [4.69, 9.17) is 9.47 Å². The number of carbonyl (C=O) groups excluding carboxylic acids is 1. The fraction of sp³-hybridized carbons (Fsp3) is 0.353. The van der Waals surface area contributed by atoms with Gasteiger partial charge >= 0.3 is 5.97 Å². The quantitative estimate of drug-likeness (QED) is 0.415. The van der Waals surface area contributed by atoms with Crippen molar-refractivity contribution in [3.05, 3.63) is 51.7 Å². The molecule has 0 fully saturated rings. The fourth-order valence-electron chi connectivity index (χ4n) is 1.74. The van der Waals surface area contributed by atoms with Crippen LogP contribution in [0.5, 0.6) is 5.75 Å². The summed E-state index contributed by atoms with van der Waals surface area (Å²) in [7, 11) is 0. The van der Waals surface area contributed by atoms with E-state index in [1.54, 1.807) is 13.0 Å². The minimum Gasteiger partial charge on any atom is -0.511 e. The average molecular weight is 387 g/mol. The van der Waals surface area contributed by atoms with Crippen LogP contribution in [0.1, 0.15) is 32.8 Å². The highest BCUT2D eigenvalue weighted by atomic mass is 79.9. The summed E-state index contributed by atoms with van der Waals surface area (Å²) in [5, 5.41) is 9.42. The number of hydrogen-bond acceptors (Lipinski definition) is 4. The van der Waals surface area contributed by atoms with Crippen LogP contribution in [0, 0.1) is 5.82 Å². The molecule has 0 aliphatic carbocycles. The summed E-state index contributed by atoms with van der Waals surface area (Å²) in [6.45, 7) is 5.39. The van der Waals surface area contributed by atoms with Gasteiger partial charge in [-0.1, -0.05) is 6.92 Å². The van der Waals surface area contributed by atoms with Crippen LogP contribution in [0.4, 0.5) is 4.39 Å². The lowest BCUT2D eigenvalue weighted by molar-refractivity contribution is -0.142. The summed E-state index contributed by atoms with van der Waals surface area (Å²) in [6, 6.07) is 3.98. The molecule has 0 heterocycles. The van der Waals surface area contributed by atoms with Gasteiger partial charge in [0.25, 0.3) is 0 Å². The summed E-state index contributed by atoms with van der Waals surface area (Å²) in [4.78, 5) is 11.6. The van der Waals surface area contributed by atoms with Gasteiger partial charge in [0.15, 0.2) is 0 Å². The lowest BCUT2D eigenvalue weighted by atomic mass is 10.1. The van der Waals surface area contributed by atoms with E-state index in [-0.39, 0.29) is 18.8 Å². The van der Waals surface area contributed by atoms with Gasteiger partial charge < -0.3 is 14.6 Å². The molecule has 1 aromatic rings. The molecular formula is C17H20BrFO4. The van der Waals surface area contributed by atoms with Crippen molar-refractivity contribution in [3.8, 4) is 5.75 Å². The molecule has 0 aromatic heterocycles. The Morgan fingerprint density at radius 1 is 1.39 bits per heavy atom. The fourth-order valence-corrected chi connectivity index (χ4v) is 2.00. The van der Waals surface area contributed by atoms with E-state index in [1.165, 1.54) is 25.1 Å². The highest BCUT2D eigenvalue weighted by molar-refractivity contribution is 9.11. The summed E-state index contributed by atoms with van der Waals surface area (Å²) in [5.41, 5.74) is 0.406. The van der Waals surface area contributed by atoms with Crippen LogP contribution >= 0.6 is 15.9 Å². The highest BCUT2D eigenvalue weighted by Gasteiger charge is 2.13. The van der Waals surface area contributed by atoms with E-state index in [9.17, 15) is 14.3 Å². The molecule has 0 unspecified atom stereocenters. The van der Waals surface area contributed by atoms with Gasteiger partial charge in [-0.2, -0.15) is 0 Å². The second-order valence-corrected chi connectivity index (χ2v) is 5.59. The Balaban J connectivity index is 3.07. The Labute approximate surface area is 143 Å². The van der Waals surface area contributed by atoms with Gasteiger partial charge in [-0.15, -0.1) is 0 Å². The molecule has 1 rings (SSSR count). The van der Waals surface area contributed by atoms with Crippen LogP contribution in [-0.4, -0.2) is 17.7 Å². The molecule has 0 saturated carbocycles. The number of carbonyl (C=O) groups is 1. The number of ether oxygens (including phenoxy) is 2. The summed E-state index contributed by atoms with van der Waals surface area (Å²) < 4.78 is 24.6. The molecule has 0 amide bonds. The van der Waals surface area contributed by atoms with E-state index in [0.717, 1.165) is 0 Å². The number of benzene rings is 1. The standard InChI is InChI=1S/C17H20BrFO4/c1-4-14(10-15(18)11(3)20)23-16-7-6-13(19)8-12(16)9-17(21)22-5-2/h6-8,10,20H,4-5,9H2,1-3H3/b14-10+,15-11-. The number of hydrogen-bond donors (Lipinski definition) is 1. The first-order chi connectivity index (χ1) is 10.9. The van der Waals surface area contributed by atoms with E-state index in [0.29, 0.717) is 28.0 Å². The largest absolute Gasteiger partial charge is 0.511 e. The normalized spacial score (nSPS) is 12.7. The first-order valence-electron chi connectivity index (χ1n) is 7.25. The van der Waals surface area contributed by atoms with E-state index in [1.807, 2.05) is 6.92 Å². The van der Waals surface area contributed by atoms with Gasteiger partial charge in [-0.25, -0.2) is 4.39 Å². The van der Waals surface area contributed by atoms with Crippen molar-refractivity contribution in [2.45, 2.75) is 33.6 Å². The topological polar surface area (TPSA) is 55.8 Å². The molecule has 0 spiro atoms. The van der Waals surface area contributed by atoms with Gasteiger partial charge in [0.05, 0.1) is 17.5 Å². The summed E-state index contributed by atoms with van der Waals surface area (Å²) in [5.74, 6) is 0.152. The van der Waals surface area contributed by atoms with Crippen molar-refractivity contribution in [3.63, 3.8) is 0 Å².